The molecule has 0 spiro atoms. The Labute approximate surface area is 165 Å². The Morgan fingerprint density at radius 3 is 2.44 bits per heavy atom. The number of aromatic hydroxyl groups is 1. The summed E-state index contributed by atoms with van der Waals surface area (Å²) in [5.74, 6) is 0.185. The van der Waals surface area contributed by atoms with Gasteiger partial charge in [-0.3, -0.25) is 4.79 Å². The summed E-state index contributed by atoms with van der Waals surface area (Å²) in [5, 5.41) is 13.6. The minimum absolute atomic E-state index is 0.0857. The summed E-state index contributed by atoms with van der Waals surface area (Å²) in [5.41, 5.74) is 4.45. The third-order valence-electron chi connectivity index (χ3n) is 3.73. The van der Waals surface area contributed by atoms with Crippen molar-refractivity contribution < 1.29 is 14.6 Å². The first-order valence-electron chi connectivity index (χ1n) is 8.20. The Balaban J connectivity index is 1.52. The number of hydrogen-bond donors (Lipinski definition) is 2. The van der Waals surface area contributed by atoms with Gasteiger partial charge in [-0.05, 0) is 59.7 Å². The van der Waals surface area contributed by atoms with Crippen molar-refractivity contribution in [2.75, 3.05) is 0 Å². The average molecular weight is 425 g/mol. The van der Waals surface area contributed by atoms with E-state index >= 15 is 0 Å². The maximum absolute atomic E-state index is 11.9. The minimum atomic E-state index is -0.473. The van der Waals surface area contributed by atoms with Gasteiger partial charge in [0.25, 0.3) is 5.91 Å². The number of phenolic OH excluding ortho intramolecular Hbond substituents is 1. The molecule has 0 heterocycles. The molecule has 0 unspecified atom stereocenters. The van der Waals surface area contributed by atoms with Crippen LogP contribution >= 0.6 is 15.9 Å². The molecule has 0 atom stereocenters. The summed E-state index contributed by atoms with van der Waals surface area (Å²) in [6.07, 6.45) is 1.52. The van der Waals surface area contributed by atoms with E-state index in [1.807, 2.05) is 48.5 Å². The second kappa shape index (κ2) is 9.00. The van der Waals surface area contributed by atoms with Gasteiger partial charge in [0.1, 0.15) is 18.1 Å². The van der Waals surface area contributed by atoms with Gasteiger partial charge in [0.2, 0.25) is 0 Å². The lowest BCUT2D eigenvalue weighted by molar-refractivity contribution is 0.0952. The molecule has 0 aliphatic carbocycles. The molecule has 0 fully saturated rings. The van der Waals surface area contributed by atoms with Crippen molar-refractivity contribution in [3.05, 3.63) is 94.0 Å². The fourth-order valence-corrected chi connectivity index (χ4v) is 2.55. The molecular weight excluding hydrogens is 408 g/mol. The van der Waals surface area contributed by atoms with Crippen LogP contribution in [-0.2, 0) is 6.61 Å². The van der Waals surface area contributed by atoms with Crippen molar-refractivity contribution in [2.24, 2.45) is 5.10 Å². The largest absolute Gasteiger partial charge is 0.507 e. The number of rotatable bonds is 6. The average Bonchev–Trinajstić information content (AvgIpc) is 2.69. The molecule has 3 aromatic carbocycles. The van der Waals surface area contributed by atoms with E-state index in [0.29, 0.717) is 6.61 Å². The predicted molar refractivity (Wildman–Crippen MR) is 108 cm³/mol. The maximum atomic E-state index is 11.9. The molecule has 0 saturated carbocycles. The maximum Gasteiger partial charge on any atom is 0.275 e. The lowest BCUT2D eigenvalue weighted by Crippen LogP contribution is -2.17. The van der Waals surface area contributed by atoms with Gasteiger partial charge in [-0.15, -0.1) is 0 Å². The van der Waals surface area contributed by atoms with Gasteiger partial charge in [0.05, 0.1) is 11.8 Å². The zero-order chi connectivity index (χ0) is 19.1. The first kappa shape index (κ1) is 18.7. The molecular formula is C21H17BrN2O3. The van der Waals surface area contributed by atoms with Gasteiger partial charge in [-0.1, -0.05) is 40.2 Å². The van der Waals surface area contributed by atoms with Crippen molar-refractivity contribution in [3.63, 3.8) is 0 Å². The summed E-state index contributed by atoms with van der Waals surface area (Å²) in [4.78, 5) is 11.9. The number of hydrogen-bond acceptors (Lipinski definition) is 4. The van der Waals surface area contributed by atoms with Crippen LogP contribution in [0.25, 0.3) is 0 Å². The van der Waals surface area contributed by atoms with Gasteiger partial charge in [0, 0.05) is 4.47 Å². The zero-order valence-electron chi connectivity index (χ0n) is 14.3. The number of nitrogens with zero attached hydrogens (tertiary/aromatic N) is 1. The molecule has 0 aliphatic heterocycles. The van der Waals surface area contributed by atoms with Crippen molar-refractivity contribution in [3.8, 4) is 11.5 Å². The normalized spacial score (nSPS) is 10.7. The molecule has 0 radical (unpaired) electrons. The number of ether oxygens (including phenoxy) is 1. The molecule has 3 aromatic rings. The molecule has 1 amide bonds. The summed E-state index contributed by atoms with van der Waals surface area (Å²) in [7, 11) is 0. The zero-order valence-corrected chi connectivity index (χ0v) is 15.9. The summed E-state index contributed by atoms with van der Waals surface area (Å²) in [6.45, 7) is 0.483. The van der Waals surface area contributed by atoms with E-state index in [1.54, 1.807) is 12.1 Å². The van der Waals surface area contributed by atoms with E-state index in [9.17, 15) is 9.90 Å². The molecule has 0 aromatic heterocycles. The standard InChI is InChI=1S/C21H17BrN2O3/c22-17-9-5-16(6-10-17)14-27-18-11-7-15(8-12-18)13-23-24-21(26)19-3-1-2-4-20(19)25/h1-13,25H,14H2,(H,24,26). The summed E-state index contributed by atoms with van der Waals surface area (Å²) >= 11 is 3.40. The summed E-state index contributed by atoms with van der Waals surface area (Å²) < 4.78 is 6.78. The van der Waals surface area contributed by atoms with Crippen LogP contribution in [0.15, 0.2) is 82.4 Å². The van der Waals surface area contributed by atoms with Gasteiger partial charge in [0.15, 0.2) is 0 Å². The fourth-order valence-electron chi connectivity index (χ4n) is 2.29. The van der Waals surface area contributed by atoms with E-state index < -0.39 is 5.91 Å². The number of hydrazone groups is 1. The van der Waals surface area contributed by atoms with Gasteiger partial charge in [-0.2, -0.15) is 5.10 Å². The number of para-hydroxylation sites is 1. The minimum Gasteiger partial charge on any atom is -0.507 e. The monoisotopic (exact) mass is 424 g/mol. The highest BCUT2D eigenvalue weighted by Gasteiger charge is 2.08. The van der Waals surface area contributed by atoms with E-state index in [0.717, 1.165) is 21.3 Å². The highest BCUT2D eigenvalue weighted by Crippen LogP contribution is 2.16. The van der Waals surface area contributed by atoms with Crippen LogP contribution < -0.4 is 10.2 Å². The van der Waals surface area contributed by atoms with E-state index in [-0.39, 0.29) is 11.3 Å². The highest BCUT2D eigenvalue weighted by molar-refractivity contribution is 9.10. The molecule has 3 rings (SSSR count). The molecule has 0 aliphatic rings. The fraction of sp³-hybridized carbons (Fsp3) is 0.0476. The van der Waals surface area contributed by atoms with Crippen molar-refractivity contribution in [1.29, 1.82) is 0 Å². The number of carbonyl (C=O) groups excluding carboxylic acids is 1. The molecule has 6 heteroatoms. The lowest BCUT2D eigenvalue weighted by atomic mass is 10.2. The van der Waals surface area contributed by atoms with Gasteiger partial charge < -0.3 is 9.84 Å². The molecule has 0 saturated heterocycles. The second-order valence-electron chi connectivity index (χ2n) is 5.70. The topological polar surface area (TPSA) is 70.9 Å². The molecule has 5 nitrogen and oxygen atoms in total. The van der Waals surface area contributed by atoms with Crippen LogP contribution in [0.4, 0.5) is 0 Å². The SMILES string of the molecule is O=C(NN=Cc1ccc(OCc2ccc(Br)cc2)cc1)c1ccccc1O. The van der Waals surface area contributed by atoms with E-state index in [4.69, 9.17) is 4.74 Å². The van der Waals surface area contributed by atoms with E-state index in [2.05, 4.69) is 26.5 Å². The van der Waals surface area contributed by atoms with Crippen molar-refractivity contribution in [1.82, 2.24) is 5.43 Å². The molecule has 2 N–H and O–H groups in total. The third-order valence-corrected chi connectivity index (χ3v) is 4.26. The molecule has 0 bridgehead atoms. The van der Waals surface area contributed by atoms with Crippen molar-refractivity contribution in [2.45, 2.75) is 6.61 Å². The highest BCUT2D eigenvalue weighted by atomic mass is 79.9. The smallest absolute Gasteiger partial charge is 0.275 e. The molecule has 27 heavy (non-hydrogen) atoms. The second-order valence-corrected chi connectivity index (χ2v) is 6.62. The molecule has 136 valence electrons. The number of benzene rings is 3. The predicted octanol–water partition coefficient (Wildman–Crippen LogP) is 4.50. The van der Waals surface area contributed by atoms with Crippen LogP contribution in [0.3, 0.4) is 0 Å². The number of halogens is 1. The summed E-state index contributed by atoms with van der Waals surface area (Å²) in [6, 6.07) is 21.6. The van der Waals surface area contributed by atoms with Crippen LogP contribution in [-0.4, -0.2) is 17.2 Å². The van der Waals surface area contributed by atoms with Gasteiger partial charge >= 0.3 is 0 Å². The quantitative estimate of drug-likeness (QED) is 0.452. The first-order valence-corrected chi connectivity index (χ1v) is 9.00. The van der Waals surface area contributed by atoms with Crippen molar-refractivity contribution >= 4 is 28.1 Å². The van der Waals surface area contributed by atoms with Gasteiger partial charge in [-0.25, -0.2) is 5.43 Å². The number of phenols is 1. The van der Waals surface area contributed by atoms with E-state index in [1.165, 1.54) is 18.3 Å². The number of amides is 1. The third kappa shape index (κ3) is 5.43. The Bertz CT molecular complexity index is 938. The first-order chi connectivity index (χ1) is 13.1. The Morgan fingerprint density at radius 2 is 1.74 bits per heavy atom. The van der Waals surface area contributed by atoms with Crippen LogP contribution in [0.5, 0.6) is 11.5 Å². The van der Waals surface area contributed by atoms with Crippen LogP contribution in [0.2, 0.25) is 0 Å². The Kier molecular flexibility index (Phi) is 6.22. The lowest BCUT2D eigenvalue weighted by Gasteiger charge is -2.06. The Hall–Kier alpha value is -3.12. The number of nitrogens with one attached hydrogen (secondary N) is 1. The van der Waals surface area contributed by atoms with Crippen LogP contribution in [0.1, 0.15) is 21.5 Å². The van der Waals surface area contributed by atoms with Crippen LogP contribution in [0, 0.1) is 0 Å². The number of carbonyl (C=O) groups is 1. The Morgan fingerprint density at radius 1 is 1.04 bits per heavy atom.